The van der Waals surface area contributed by atoms with Crippen LogP contribution in [0.3, 0.4) is 0 Å². The van der Waals surface area contributed by atoms with Crippen molar-refractivity contribution in [3.63, 3.8) is 0 Å². The number of nitrogens with one attached hydrogen (secondary N) is 1. The Morgan fingerprint density at radius 1 is 1.18 bits per heavy atom. The highest BCUT2D eigenvalue weighted by Crippen LogP contribution is 2.19. The van der Waals surface area contributed by atoms with Crippen LogP contribution >= 0.6 is 0 Å². The first-order chi connectivity index (χ1) is 8.31. The zero-order valence-electron chi connectivity index (χ0n) is 11.2. The van der Waals surface area contributed by atoms with Crippen LogP contribution in [0.1, 0.15) is 20.3 Å². The predicted octanol–water partition coefficient (Wildman–Crippen LogP) is 0.328. The molecule has 1 unspecified atom stereocenters. The van der Waals surface area contributed by atoms with Gasteiger partial charge in [0, 0.05) is 39.3 Å². The molecular formula is C12H25N3O2. The molecule has 0 radical (unpaired) electrons. The fraction of sp³-hybridized carbons (Fsp3) is 0.917. The van der Waals surface area contributed by atoms with Crippen LogP contribution in [0, 0.1) is 5.92 Å². The van der Waals surface area contributed by atoms with E-state index in [2.05, 4.69) is 15.3 Å². The van der Waals surface area contributed by atoms with E-state index in [0.717, 1.165) is 45.7 Å². The highest BCUT2D eigenvalue weighted by molar-refractivity contribution is 5.72. The Morgan fingerprint density at radius 3 is 2.41 bits per heavy atom. The molecular weight excluding hydrogens is 218 g/mol. The second-order valence-electron chi connectivity index (χ2n) is 4.13. The van der Waals surface area contributed by atoms with Crippen LogP contribution in [0.4, 0.5) is 0 Å². The van der Waals surface area contributed by atoms with Crippen LogP contribution in [0.2, 0.25) is 0 Å². The monoisotopic (exact) mass is 243 g/mol. The lowest BCUT2D eigenvalue weighted by Crippen LogP contribution is -2.51. The van der Waals surface area contributed by atoms with Crippen LogP contribution in [0.15, 0.2) is 0 Å². The van der Waals surface area contributed by atoms with Crippen molar-refractivity contribution in [1.82, 2.24) is 15.3 Å². The number of methoxy groups -OCH3 is 1. The highest BCUT2D eigenvalue weighted by atomic mass is 16.5. The average molecular weight is 243 g/mol. The molecule has 0 bridgehead atoms. The molecule has 0 aromatic heterocycles. The van der Waals surface area contributed by atoms with Gasteiger partial charge in [0.25, 0.3) is 0 Å². The van der Waals surface area contributed by atoms with Crippen molar-refractivity contribution in [2.45, 2.75) is 20.3 Å². The van der Waals surface area contributed by atoms with Crippen LogP contribution in [0.25, 0.3) is 0 Å². The van der Waals surface area contributed by atoms with Gasteiger partial charge in [-0.1, -0.05) is 13.8 Å². The summed E-state index contributed by atoms with van der Waals surface area (Å²) in [4.78, 5) is 11.4. The van der Waals surface area contributed by atoms with E-state index >= 15 is 0 Å². The largest absolute Gasteiger partial charge is 0.469 e. The van der Waals surface area contributed by atoms with E-state index in [1.54, 1.807) is 0 Å². The summed E-state index contributed by atoms with van der Waals surface area (Å²) in [6.45, 7) is 9.99. The molecule has 0 aromatic carbocycles. The van der Waals surface area contributed by atoms with Gasteiger partial charge in [-0.05, 0) is 6.42 Å². The van der Waals surface area contributed by atoms with E-state index in [-0.39, 0.29) is 11.9 Å². The second-order valence-corrected chi connectivity index (χ2v) is 4.13. The third kappa shape index (κ3) is 3.94. The van der Waals surface area contributed by atoms with E-state index in [0.29, 0.717) is 0 Å². The number of nitrogens with zero attached hydrogens (tertiary/aromatic N) is 2. The number of esters is 1. The number of hydrazine groups is 1. The van der Waals surface area contributed by atoms with E-state index in [1.807, 2.05) is 13.8 Å². The smallest absolute Gasteiger partial charge is 0.310 e. The lowest BCUT2D eigenvalue weighted by molar-refractivity contribution is -0.145. The van der Waals surface area contributed by atoms with Crippen LogP contribution in [-0.2, 0) is 9.53 Å². The maximum Gasteiger partial charge on any atom is 0.310 e. The minimum Gasteiger partial charge on any atom is -0.469 e. The Kier molecular flexibility index (Phi) is 6.47. The Bertz CT molecular complexity index is 230. The van der Waals surface area contributed by atoms with Gasteiger partial charge in [0.05, 0.1) is 13.0 Å². The average Bonchev–Trinajstić information content (AvgIpc) is 2.91. The third-order valence-electron chi connectivity index (χ3n) is 3.19. The number of ether oxygens (including phenoxy) is 1. The Balaban J connectivity index is 0.000000686. The maximum atomic E-state index is 11.4. The Hall–Kier alpha value is -0.650. The van der Waals surface area contributed by atoms with Gasteiger partial charge in [0.2, 0.25) is 0 Å². The van der Waals surface area contributed by atoms with Crippen molar-refractivity contribution in [3.8, 4) is 0 Å². The highest BCUT2D eigenvalue weighted by Gasteiger charge is 2.32. The number of rotatable bonds is 2. The lowest BCUT2D eigenvalue weighted by atomic mass is 10.1. The number of hydrogen-bond acceptors (Lipinski definition) is 5. The van der Waals surface area contributed by atoms with Crippen LogP contribution < -0.4 is 5.32 Å². The van der Waals surface area contributed by atoms with E-state index < -0.39 is 0 Å². The molecule has 2 rings (SSSR count). The summed E-state index contributed by atoms with van der Waals surface area (Å²) in [5.41, 5.74) is 0. The van der Waals surface area contributed by atoms with E-state index in [1.165, 1.54) is 7.11 Å². The van der Waals surface area contributed by atoms with E-state index in [4.69, 9.17) is 4.74 Å². The zero-order valence-corrected chi connectivity index (χ0v) is 11.2. The molecule has 0 spiro atoms. The van der Waals surface area contributed by atoms with Gasteiger partial charge >= 0.3 is 5.97 Å². The van der Waals surface area contributed by atoms with Gasteiger partial charge in [-0.25, -0.2) is 10.0 Å². The summed E-state index contributed by atoms with van der Waals surface area (Å²) < 4.78 is 4.77. The topological polar surface area (TPSA) is 44.8 Å². The summed E-state index contributed by atoms with van der Waals surface area (Å²) >= 11 is 0. The molecule has 2 aliphatic heterocycles. The van der Waals surface area contributed by atoms with Crippen LogP contribution in [0.5, 0.6) is 0 Å². The first-order valence-corrected chi connectivity index (χ1v) is 6.59. The summed E-state index contributed by atoms with van der Waals surface area (Å²) in [7, 11) is 1.47. The van der Waals surface area contributed by atoms with Gasteiger partial charge in [-0.3, -0.25) is 4.79 Å². The van der Waals surface area contributed by atoms with Gasteiger partial charge in [0.1, 0.15) is 0 Å². The first-order valence-electron chi connectivity index (χ1n) is 6.59. The predicted molar refractivity (Wildman–Crippen MR) is 67.5 cm³/mol. The molecule has 0 aromatic rings. The lowest BCUT2D eigenvalue weighted by Gasteiger charge is -2.35. The minimum atomic E-state index is -0.0624. The summed E-state index contributed by atoms with van der Waals surface area (Å²) in [6.07, 6.45) is 0.927. The van der Waals surface area contributed by atoms with Crippen LogP contribution in [-0.4, -0.2) is 62.4 Å². The SMILES string of the molecule is CC.COC(=O)C1CCN(N2CCNCC2)C1. The maximum absolute atomic E-state index is 11.4. The quantitative estimate of drug-likeness (QED) is 0.708. The molecule has 17 heavy (non-hydrogen) atoms. The van der Waals surface area contributed by atoms with Crippen molar-refractivity contribution in [1.29, 1.82) is 0 Å². The molecule has 5 nitrogen and oxygen atoms in total. The Morgan fingerprint density at radius 2 is 1.82 bits per heavy atom. The first kappa shape index (κ1) is 14.4. The molecule has 1 atom stereocenters. The molecule has 5 heteroatoms. The molecule has 0 amide bonds. The number of carbonyl (C=O) groups excluding carboxylic acids is 1. The standard InChI is InChI=1S/C10H19N3O2.C2H6/c1-15-10(14)9-2-5-13(8-9)12-6-3-11-4-7-12;1-2/h9,11H,2-8H2,1H3;1-2H3. The molecule has 2 aliphatic rings. The molecule has 2 heterocycles. The fourth-order valence-electron chi connectivity index (χ4n) is 2.29. The minimum absolute atomic E-state index is 0.0624. The van der Waals surface area contributed by atoms with Crippen molar-refractivity contribution in [2.75, 3.05) is 46.4 Å². The molecule has 2 saturated heterocycles. The summed E-state index contributed by atoms with van der Waals surface area (Å²) in [5.74, 6) is 0.0116. The molecule has 0 saturated carbocycles. The zero-order chi connectivity index (χ0) is 12.7. The number of piperazine rings is 1. The van der Waals surface area contributed by atoms with E-state index in [9.17, 15) is 4.79 Å². The Labute approximate surface area is 104 Å². The second kappa shape index (κ2) is 7.63. The summed E-state index contributed by atoms with van der Waals surface area (Å²) in [6, 6.07) is 0. The number of hydrogen-bond donors (Lipinski definition) is 1. The third-order valence-corrected chi connectivity index (χ3v) is 3.19. The molecule has 1 N–H and O–H groups in total. The van der Waals surface area contributed by atoms with Gasteiger partial charge < -0.3 is 10.1 Å². The van der Waals surface area contributed by atoms with Gasteiger partial charge in [-0.15, -0.1) is 0 Å². The van der Waals surface area contributed by atoms with Gasteiger partial charge in [0.15, 0.2) is 0 Å². The fourth-order valence-corrected chi connectivity index (χ4v) is 2.29. The summed E-state index contributed by atoms with van der Waals surface area (Å²) in [5, 5.41) is 7.96. The number of carbonyl (C=O) groups is 1. The van der Waals surface area contributed by atoms with Crippen molar-refractivity contribution >= 4 is 5.97 Å². The normalized spacial score (nSPS) is 26.2. The van der Waals surface area contributed by atoms with Crippen molar-refractivity contribution in [2.24, 2.45) is 5.92 Å². The molecule has 2 fully saturated rings. The van der Waals surface area contributed by atoms with Crippen molar-refractivity contribution in [3.05, 3.63) is 0 Å². The molecule has 100 valence electrons. The van der Waals surface area contributed by atoms with Gasteiger partial charge in [-0.2, -0.15) is 0 Å². The molecule has 0 aliphatic carbocycles. The van der Waals surface area contributed by atoms with Crippen molar-refractivity contribution < 1.29 is 9.53 Å².